The molecule has 0 bridgehead atoms. The van der Waals surface area contributed by atoms with Crippen molar-refractivity contribution in [2.45, 2.75) is 13.0 Å². The third-order valence-electron chi connectivity index (χ3n) is 2.72. The topological polar surface area (TPSA) is 41.3 Å². The molecule has 17 heavy (non-hydrogen) atoms. The molecule has 0 aliphatic carbocycles. The van der Waals surface area contributed by atoms with Gasteiger partial charge in [0.05, 0.1) is 5.02 Å². The van der Waals surface area contributed by atoms with Crippen LogP contribution in [0, 0.1) is 0 Å². The van der Waals surface area contributed by atoms with Crippen LogP contribution in [-0.4, -0.2) is 36.6 Å². The Bertz CT molecular complexity index is 407. The summed E-state index contributed by atoms with van der Waals surface area (Å²) in [7, 11) is 4.10. The Hall–Kier alpha value is -0.840. The van der Waals surface area contributed by atoms with Crippen LogP contribution in [0.1, 0.15) is 12.5 Å². The van der Waals surface area contributed by atoms with E-state index in [1.807, 2.05) is 18.2 Å². The molecule has 1 unspecified atom stereocenters. The highest BCUT2D eigenvalue weighted by molar-refractivity contribution is 7.80. The zero-order valence-electron chi connectivity index (χ0n) is 10.3. The first-order chi connectivity index (χ1) is 7.91. The smallest absolute Gasteiger partial charge is 0.105 e. The Morgan fingerprint density at radius 3 is 2.65 bits per heavy atom. The van der Waals surface area contributed by atoms with E-state index in [4.69, 9.17) is 29.6 Å². The fourth-order valence-electron chi connectivity index (χ4n) is 1.27. The largest absolute Gasteiger partial charge is 0.389 e. The summed E-state index contributed by atoms with van der Waals surface area (Å²) in [6, 6.07) is 6.07. The lowest BCUT2D eigenvalue weighted by atomic mass is 10.2. The highest BCUT2D eigenvalue weighted by Crippen LogP contribution is 2.20. The van der Waals surface area contributed by atoms with Gasteiger partial charge in [-0.05, 0) is 39.2 Å². The number of nitrogens with one attached hydrogen (secondary N) is 1. The van der Waals surface area contributed by atoms with E-state index in [0.29, 0.717) is 21.6 Å². The maximum absolute atomic E-state index is 6.08. The van der Waals surface area contributed by atoms with Crippen LogP contribution in [0.2, 0.25) is 5.02 Å². The predicted octanol–water partition coefficient (Wildman–Crippen LogP) is 2.34. The summed E-state index contributed by atoms with van der Waals surface area (Å²) >= 11 is 11.0. The molecule has 94 valence electrons. The van der Waals surface area contributed by atoms with E-state index in [-0.39, 0.29) is 0 Å². The molecule has 0 saturated carbocycles. The number of anilines is 1. The predicted molar refractivity (Wildman–Crippen MR) is 79.0 cm³/mol. The summed E-state index contributed by atoms with van der Waals surface area (Å²) < 4.78 is 0. The van der Waals surface area contributed by atoms with Crippen molar-refractivity contribution in [2.24, 2.45) is 5.73 Å². The van der Waals surface area contributed by atoms with E-state index in [0.717, 1.165) is 12.2 Å². The molecule has 0 saturated heterocycles. The van der Waals surface area contributed by atoms with Gasteiger partial charge >= 0.3 is 0 Å². The Kier molecular flexibility index (Phi) is 5.18. The van der Waals surface area contributed by atoms with Gasteiger partial charge in [0.15, 0.2) is 0 Å². The third kappa shape index (κ3) is 4.15. The summed E-state index contributed by atoms with van der Waals surface area (Å²) in [4.78, 5) is 2.47. The van der Waals surface area contributed by atoms with Crippen LogP contribution < -0.4 is 11.1 Å². The highest BCUT2D eigenvalue weighted by atomic mass is 35.5. The lowest BCUT2D eigenvalue weighted by Gasteiger charge is -2.20. The highest BCUT2D eigenvalue weighted by Gasteiger charge is 2.06. The fourth-order valence-corrected chi connectivity index (χ4v) is 1.79. The first-order valence-electron chi connectivity index (χ1n) is 5.41. The first kappa shape index (κ1) is 14.2. The summed E-state index contributed by atoms with van der Waals surface area (Å²) in [6.07, 6.45) is 0. The molecule has 0 amide bonds. The second-order valence-electron chi connectivity index (χ2n) is 4.25. The van der Waals surface area contributed by atoms with Gasteiger partial charge < -0.3 is 16.0 Å². The quantitative estimate of drug-likeness (QED) is 0.807. The zero-order valence-corrected chi connectivity index (χ0v) is 11.9. The molecule has 1 atom stereocenters. The fraction of sp³-hybridized carbons (Fsp3) is 0.417. The molecule has 3 nitrogen and oxygen atoms in total. The van der Waals surface area contributed by atoms with Crippen molar-refractivity contribution in [1.29, 1.82) is 0 Å². The van der Waals surface area contributed by atoms with Crippen LogP contribution in [-0.2, 0) is 0 Å². The van der Waals surface area contributed by atoms with Crippen LogP contribution in [0.5, 0.6) is 0 Å². The van der Waals surface area contributed by atoms with E-state index in [1.54, 1.807) is 0 Å². The number of nitrogens with two attached hydrogens (primary N) is 1. The molecule has 0 aromatic heterocycles. The molecule has 0 spiro atoms. The summed E-state index contributed by atoms with van der Waals surface area (Å²) in [5.74, 6) is 0. The molecule has 0 fully saturated rings. The molecule has 0 aliphatic rings. The Labute approximate surface area is 113 Å². The maximum Gasteiger partial charge on any atom is 0.105 e. The molecule has 1 aromatic carbocycles. The van der Waals surface area contributed by atoms with Gasteiger partial charge in [0.25, 0.3) is 0 Å². The third-order valence-corrected chi connectivity index (χ3v) is 3.25. The van der Waals surface area contributed by atoms with Gasteiger partial charge in [-0.25, -0.2) is 0 Å². The normalized spacial score (nSPS) is 12.5. The SMILES string of the molecule is CC(CNc1ccc(C(N)=S)c(Cl)c1)N(C)C. The van der Waals surface area contributed by atoms with Crippen LogP contribution >= 0.6 is 23.8 Å². The second-order valence-corrected chi connectivity index (χ2v) is 5.10. The second kappa shape index (κ2) is 6.19. The van der Waals surface area contributed by atoms with E-state index in [9.17, 15) is 0 Å². The molecular formula is C12H18ClN3S. The standard InChI is InChI=1S/C12H18ClN3S/c1-8(16(2)3)7-15-9-4-5-10(12(14)17)11(13)6-9/h4-6,8,15H,7H2,1-3H3,(H2,14,17). The Morgan fingerprint density at radius 2 is 2.18 bits per heavy atom. The molecule has 5 heteroatoms. The number of hydrogen-bond acceptors (Lipinski definition) is 3. The van der Waals surface area contributed by atoms with Crippen molar-refractivity contribution < 1.29 is 0 Å². The van der Waals surface area contributed by atoms with Gasteiger partial charge in [0.2, 0.25) is 0 Å². The Balaban J connectivity index is 2.68. The van der Waals surface area contributed by atoms with Crippen molar-refractivity contribution in [3.05, 3.63) is 28.8 Å². The molecule has 0 heterocycles. The van der Waals surface area contributed by atoms with E-state index < -0.39 is 0 Å². The van der Waals surface area contributed by atoms with Crippen molar-refractivity contribution >= 4 is 34.5 Å². The molecule has 1 rings (SSSR count). The molecular weight excluding hydrogens is 254 g/mol. The van der Waals surface area contributed by atoms with Gasteiger partial charge in [-0.1, -0.05) is 23.8 Å². The Morgan fingerprint density at radius 1 is 1.53 bits per heavy atom. The van der Waals surface area contributed by atoms with Crippen molar-refractivity contribution in [2.75, 3.05) is 26.0 Å². The number of rotatable bonds is 5. The van der Waals surface area contributed by atoms with Gasteiger partial charge in [0, 0.05) is 23.8 Å². The van der Waals surface area contributed by atoms with Gasteiger partial charge in [-0.2, -0.15) is 0 Å². The van der Waals surface area contributed by atoms with Gasteiger partial charge in [0.1, 0.15) is 4.99 Å². The summed E-state index contributed by atoms with van der Waals surface area (Å²) in [5.41, 5.74) is 7.24. The number of nitrogens with zero attached hydrogens (tertiary/aromatic N) is 1. The zero-order chi connectivity index (χ0) is 13.0. The molecule has 1 aromatic rings. The van der Waals surface area contributed by atoms with E-state index in [2.05, 4.69) is 31.2 Å². The number of halogens is 1. The molecule has 0 aliphatic heterocycles. The van der Waals surface area contributed by atoms with Gasteiger partial charge in [-0.15, -0.1) is 0 Å². The monoisotopic (exact) mass is 271 g/mol. The van der Waals surface area contributed by atoms with Crippen LogP contribution in [0.15, 0.2) is 18.2 Å². The van der Waals surface area contributed by atoms with Crippen LogP contribution in [0.4, 0.5) is 5.69 Å². The van der Waals surface area contributed by atoms with Crippen molar-refractivity contribution in [1.82, 2.24) is 4.90 Å². The van der Waals surface area contributed by atoms with E-state index in [1.165, 1.54) is 0 Å². The molecule has 0 radical (unpaired) electrons. The first-order valence-corrected chi connectivity index (χ1v) is 6.20. The summed E-state index contributed by atoms with van der Waals surface area (Å²) in [5, 5.41) is 3.91. The lowest BCUT2D eigenvalue weighted by Crippen LogP contribution is -2.31. The van der Waals surface area contributed by atoms with Crippen LogP contribution in [0.3, 0.4) is 0 Å². The number of benzene rings is 1. The lowest BCUT2D eigenvalue weighted by molar-refractivity contribution is 0.326. The molecule has 3 N–H and O–H groups in total. The summed E-state index contributed by atoms with van der Waals surface area (Å²) in [6.45, 7) is 3.01. The van der Waals surface area contributed by atoms with Crippen molar-refractivity contribution in [3.63, 3.8) is 0 Å². The van der Waals surface area contributed by atoms with Gasteiger partial charge in [-0.3, -0.25) is 0 Å². The maximum atomic E-state index is 6.08. The van der Waals surface area contributed by atoms with Crippen molar-refractivity contribution in [3.8, 4) is 0 Å². The minimum atomic E-state index is 0.322. The number of hydrogen-bond donors (Lipinski definition) is 2. The average Bonchev–Trinajstić information content (AvgIpc) is 2.25. The number of likely N-dealkylation sites (N-methyl/N-ethyl adjacent to an activating group) is 1. The number of thiocarbonyl (C=S) groups is 1. The minimum absolute atomic E-state index is 0.322. The average molecular weight is 272 g/mol. The van der Waals surface area contributed by atoms with E-state index >= 15 is 0 Å². The van der Waals surface area contributed by atoms with Crippen LogP contribution in [0.25, 0.3) is 0 Å². The minimum Gasteiger partial charge on any atom is -0.389 e.